The molecule has 1 saturated carbocycles. The Labute approximate surface area is 164 Å². The van der Waals surface area contributed by atoms with E-state index >= 15 is 0 Å². The maximum Gasteiger partial charge on any atom is 0.224 e. The summed E-state index contributed by atoms with van der Waals surface area (Å²) in [5.41, 5.74) is 0.687. The molecule has 1 aliphatic carbocycles. The summed E-state index contributed by atoms with van der Waals surface area (Å²) in [6.45, 7) is 6.56. The quantitative estimate of drug-likeness (QED) is 0.797. The smallest absolute Gasteiger partial charge is 0.224 e. The molecule has 0 radical (unpaired) electrons. The third kappa shape index (κ3) is 3.97. The summed E-state index contributed by atoms with van der Waals surface area (Å²) in [6, 6.07) is 3.99. The van der Waals surface area contributed by atoms with Crippen LogP contribution in [0.4, 0.5) is 10.1 Å². The number of fused-ring (bicyclic) bond motifs is 1. The Morgan fingerprint density at radius 3 is 2.74 bits per heavy atom. The number of nitrogens with one attached hydrogen (secondary N) is 1. The molecule has 27 heavy (non-hydrogen) atoms. The molecule has 0 unspecified atom stereocenters. The fourth-order valence-electron chi connectivity index (χ4n) is 4.97. The molecule has 1 aromatic carbocycles. The van der Waals surface area contributed by atoms with Gasteiger partial charge >= 0.3 is 0 Å². The number of methoxy groups -OCH3 is 1. The first kappa shape index (κ1) is 20.1. The molecule has 0 bridgehead atoms. The maximum absolute atomic E-state index is 13.2. The van der Waals surface area contributed by atoms with Crippen LogP contribution < -0.4 is 5.32 Å². The van der Waals surface area contributed by atoms with Crippen LogP contribution in [0.1, 0.15) is 33.1 Å². The lowest BCUT2D eigenvalue weighted by Crippen LogP contribution is -2.55. The summed E-state index contributed by atoms with van der Waals surface area (Å²) in [4.78, 5) is 26.6. The molecule has 1 heterocycles. The van der Waals surface area contributed by atoms with Crippen LogP contribution >= 0.6 is 11.6 Å². The van der Waals surface area contributed by atoms with Crippen molar-refractivity contribution in [2.45, 2.75) is 33.1 Å². The van der Waals surface area contributed by atoms with E-state index in [1.165, 1.54) is 18.2 Å². The number of amides is 2. The van der Waals surface area contributed by atoms with E-state index in [9.17, 15) is 14.0 Å². The van der Waals surface area contributed by atoms with Gasteiger partial charge in [0.1, 0.15) is 5.82 Å². The molecule has 2 fully saturated rings. The SMILES string of the molecule is COC[C@@]12CN(C(=O)CCC(=O)Nc3ccc(F)c(Cl)c3)C[C@@H]1C(C)(C)C2. The molecule has 5 nitrogen and oxygen atoms in total. The Morgan fingerprint density at radius 2 is 2.11 bits per heavy atom. The molecule has 2 atom stereocenters. The van der Waals surface area contributed by atoms with Gasteiger partial charge in [0, 0.05) is 44.1 Å². The van der Waals surface area contributed by atoms with Crippen molar-refractivity contribution in [1.29, 1.82) is 0 Å². The second kappa shape index (κ2) is 7.40. The number of nitrogens with zero attached hydrogens (tertiary/aromatic N) is 1. The van der Waals surface area contributed by atoms with Crippen molar-refractivity contribution in [3.63, 3.8) is 0 Å². The summed E-state index contributed by atoms with van der Waals surface area (Å²) in [5.74, 6) is -0.409. The first-order valence-corrected chi connectivity index (χ1v) is 9.56. The van der Waals surface area contributed by atoms with Crippen molar-refractivity contribution in [2.75, 3.05) is 32.1 Å². The monoisotopic (exact) mass is 396 g/mol. The average Bonchev–Trinajstić information content (AvgIpc) is 2.91. The lowest BCUT2D eigenvalue weighted by atomic mass is 9.48. The molecule has 3 rings (SSSR count). The second-order valence-electron chi connectivity index (χ2n) is 8.46. The van der Waals surface area contributed by atoms with E-state index in [1.807, 2.05) is 4.90 Å². The minimum atomic E-state index is -0.540. The normalized spacial score (nSPS) is 25.7. The van der Waals surface area contributed by atoms with Gasteiger partial charge in [0.15, 0.2) is 0 Å². The van der Waals surface area contributed by atoms with E-state index in [2.05, 4.69) is 19.2 Å². The highest BCUT2D eigenvalue weighted by atomic mass is 35.5. The van der Waals surface area contributed by atoms with Crippen LogP contribution in [0.3, 0.4) is 0 Å². The van der Waals surface area contributed by atoms with Gasteiger partial charge in [-0.1, -0.05) is 25.4 Å². The van der Waals surface area contributed by atoms with E-state index in [0.29, 0.717) is 24.8 Å². The summed E-state index contributed by atoms with van der Waals surface area (Å²) in [6.07, 6.45) is 1.28. The number of halogens is 2. The van der Waals surface area contributed by atoms with Crippen molar-refractivity contribution < 1.29 is 18.7 Å². The highest BCUT2D eigenvalue weighted by Crippen LogP contribution is 2.62. The molecule has 1 N–H and O–H groups in total. The topological polar surface area (TPSA) is 58.6 Å². The Morgan fingerprint density at radius 1 is 1.37 bits per heavy atom. The molecule has 1 aliphatic heterocycles. The predicted molar refractivity (Wildman–Crippen MR) is 102 cm³/mol. The molecule has 0 aromatic heterocycles. The summed E-state index contributed by atoms with van der Waals surface area (Å²) < 4.78 is 18.6. The maximum atomic E-state index is 13.2. The van der Waals surface area contributed by atoms with Gasteiger partial charge < -0.3 is 15.0 Å². The van der Waals surface area contributed by atoms with Gasteiger partial charge in [-0.15, -0.1) is 0 Å². The molecular weight excluding hydrogens is 371 g/mol. The average molecular weight is 397 g/mol. The summed E-state index contributed by atoms with van der Waals surface area (Å²) >= 11 is 5.71. The molecular formula is C20H26ClFN2O3. The van der Waals surface area contributed by atoms with Crippen LogP contribution in [0.2, 0.25) is 5.02 Å². The number of carbonyl (C=O) groups excluding carboxylic acids is 2. The van der Waals surface area contributed by atoms with E-state index in [-0.39, 0.29) is 40.5 Å². The van der Waals surface area contributed by atoms with Gasteiger partial charge in [-0.25, -0.2) is 4.39 Å². The van der Waals surface area contributed by atoms with Gasteiger partial charge in [0.05, 0.1) is 11.6 Å². The minimum absolute atomic E-state index is 0.0111. The van der Waals surface area contributed by atoms with Crippen molar-refractivity contribution in [3.05, 3.63) is 29.0 Å². The zero-order chi connectivity index (χ0) is 19.8. The van der Waals surface area contributed by atoms with Crippen LogP contribution in [0, 0.1) is 22.6 Å². The van der Waals surface area contributed by atoms with E-state index in [1.54, 1.807) is 7.11 Å². The highest BCUT2D eigenvalue weighted by molar-refractivity contribution is 6.31. The van der Waals surface area contributed by atoms with Crippen molar-refractivity contribution >= 4 is 29.1 Å². The zero-order valence-corrected chi connectivity index (χ0v) is 16.7. The number of carbonyl (C=O) groups is 2. The molecule has 2 amide bonds. The van der Waals surface area contributed by atoms with E-state index in [0.717, 1.165) is 13.0 Å². The molecule has 1 saturated heterocycles. The van der Waals surface area contributed by atoms with Crippen LogP contribution in [0.5, 0.6) is 0 Å². The first-order chi connectivity index (χ1) is 12.7. The van der Waals surface area contributed by atoms with Crippen LogP contribution in [-0.4, -0.2) is 43.5 Å². The third-order valence-corrected chi connectivity index (χ3v) is 6.24. The Balaban J connectivity index is 1.52. The van der Waals surface area contributed by atoms with Gasteiger partial charge in [-0.05, 0) is 36.0 Å². The molecule has 2 aliphatic rings. The van der Waals surface area contributed by atoms with Gasteiger partial charge in [-0.3, -0.25) is 9.59 Å². The van der Waals surface area contributed by atoms with E-state index < -0.39 is 5.82 Å². The van der Waals surface area contributed by atoms with Crippen LogP contribution in [-0.2, 0) is 14.3 Å². The predicted octanol–water partition coefficient (Wildman–Crippen LogP) is 3.72. The number of anilines is 1. The number of ether oxygens (including phenoxy) is 1. The van der Waals surface area contributed by atoms with E-state index in [4.69, 9.17) is 16.3 Å². The minimum Gasteiger partial charge on any atom is -0.384 e. The van der Waals surface area contributed by atoms with Gasteiger partial charge in [0.25, 0.3) is 0 Å². The summed E-state index contributed by atoms with van der Waals surface area (Å²) in [5, 5.41) is 2.59. The molecule has 0 spiro atoms. The summed E-state index contributed by atoms with van der Waals surface area (Å²) in [7, 11) is 1.70. The Hall–Kier alpha value is -1.66. The molecule has 7 heteroatoms. The fraction of sp³-hybridized carbons (Fsp3) is 0.600. The van der Waals surface area contributed by atoms with Gasteiger partial charge in [0.2, 0.25) is 11.8 Å². The first-order valence-electron chi connectivity index (χ1n) is 9.18. The fourth-order valence-corrected chi connectivity index (χ4v) is 5.15. The van der Waals surface area contributed by atoms with Gasteiger partial charge in [-0.2, -0.15) is 0 Å². The zero-order valence-electron chi connectivity index (χ0n) is 16.0. The van der Waals surface area contributed by atoms with Crippen molar-refractivity contribution in [3.8, 4) is 0 Å². The molecule has 1 aromatic rings. The lowest BCUT2D eigenvalue weighted by molar-refractivity contribution is -0.132. The van der Waals surface area contributed by atoms with Crippen LogP contribution in [0.15, 0.2) is 18.2 Å². The van der Waals surface area contributed by atoms with Crippen molar-refractivity contribution in [2.24, 2.45) is 16.7 Å². The number of benzene rings is 1. The standard InChI is InChI=1S/C20H26ClFN2O3/c1-19(2)10-20(12-27-3)11-24(9-16(19)20)18(26)7-6-17(25)23-13-4-5-15(22)14(21)8-13/h4-5,8,16H,6-7,9-12H2,1-3H3,(H,23,25)/t16-,20-/m1/s1. The van der Waals surface area contributed by atoms with Crippen molar-refractivity contribution in [1.82, 2.24) is 4.90 Å². The van der Waals surface area contributed by atoms with Crippen LogP contribution in [0.25, 0.3) is 0 Å². The Bertz CT molecular complexity index is 755. The Kier molecular flexibility index (Phi) is 5.50. The lowest BCUT2D eigenvalue weighted by Gasteiger charge is -2.56. The largest absolute Gasteiger partial charge is 0.384 e. The molecule has 148 valence electrons. The third-order valence-electron chi connectivity index (χ3n) is 5.95. The number of rotatable bonds is 6. The number of likely N-dealkylation sites (tertiary alicyclic amines) is 1. The number of hydrogen-bond acceptors (Lipinski definition) is 3. The highest BCUT2D eigenvalue weighted by Gasteiger charge is 2.63. The second-order valence-corrected chi connectivity index (χ2v) is 8.87. The number of hydrogen-bond donors (Lipinski definition) is 1.